The molecule has 0 atom stereocenters. The Balaban J connectivity index is 1.78. The maximum Gasteiger partial charge on any atom is 0.251 e. The van der Waals surface area contributed by atoms with E-state index in [9.17, 15) is 4.79 Å². The highest BCUT2D eigenvalue weighted by Crippen LogP contribution is 2.20. The zero-order valence-corrected chi connectivity index (χ0v) is 13.7. The SMILES string of the molecule is Nc1nc(N)c2ccc(CNC(=O)c3cccc(Br)c3)cc2n1. The first-order valence-electron chi connectivity index (χ1n) is 6.88. The van der Waals surface area contributed by atoms with Gasteiger partial charge in [0, 0.05) is 22.0 Å². The Morgan fingerprint density at radius 3 is 2.74 bits per heavy atom. The van der Waals surface area contributed by atoms with Crippen LogP contribution in [0.5, 0.6) is 0 Å². The zero-order chi connectivity index (χ0) is 16.4. The van der Waals surface area contributed by atoms with Crippen molar-refractivity contribution in [3.8, 4) is 0 Å². The van der Waals surface area contributed by atoms with Crippen LogP contribution in [-0.4, -0.2) is 15.9 Å². The van der Waals surface area contributed by atoms with E-state index in [-0.39, 0.29) is 11.9 Å². The molecule has 116 valence electrons. The first-order chi connectivity index (χ1) is 11.0. The molecule has 1 heterocycles. The monoisotopic (exact) mass is 371 g/mol. The number of nitrogens with one attached hydrogen (secondary N) is 1. The van der Waals surface area contributed by atoms with Crippen LogP contribution in [0, 0.1) is 0 Å². The van der Waals surface area contributed by atoms with Crippen molar-refractivity contribution in [2.24, 2.45) is 0 Å². The maximum absolute atomic E-state index is 12.1. The summed E-state index contributed by atoms with van der Waals surface area (Å²) in [5, 5.41) is 3.61. The first kappa shape index (κ1) is 15.2. The summed E-state index contributed by atoms with van der Waals surface area (Å²) in [6.07, 6.45) is 0. The number of aromatic nitrogens is 2. The molecule has 1 aromatic heterocycles. The summed E-state index contributed by atoms with van der Waals surface area (Å²) in [6.45, 7) is 0.380. The lowest BCUT2D eigenvalue weighted by Gasteiger charge is -2.08. The number of carbonyl (C=O) groups excluding carboxylic acids is 1. The maximum atomic E-state index is 12.1. The third kappa shape index (κ3) is 3.40. The number of nitrogen functional groups attached to an aromatic ring is 2. The van der Waals surface area contributed by atoms with Gasteiger partial charge in [0.25, 0.3) is 5.91 Å². The van der Waals surface area contributed by atoms with Gasteiger partial charge < -0.3 is 16.8 Å². The van der Waals surface area contributed by atoms with E-state index in [4.69, 9.17) is 11.5 Å². The van der Waals surface area contributed by atoms with Gasteiger partial charge in [-0.1, -0.05) is 28.1 Å². The van der Waals surface area contributed by atoms with Gasteiger partial charge in [-0.2, -0.15) is 4.98 Å². The summed E-state index contributed by atoms with van der Waals surface area (Å²) in [7, 11) is 0. The molecule has 23 heavy (non-hydrogen) atoms. The van der Waals surface area contributed by atoms with E-state index in [1.807, 2.05) is 30.3 Å². The van der Waals surface area contributed by atoms with Gasteiger partial charge in [-0.15, -0.1) is 0 Å². The molecule has 0 saturated heterocycles. The summed E-state index contributed by atoms with van der Waals surface area (Å²) in [4.78, 5) is 20.2. The van der Waals surface area contributed by atoms with Gasteiger partial charge in [0.15, 0.2) is 0 Å². The fourth-order valence-corrected chi connectivity index (χ4v) is 2.64. The highest BCUT2D eigenvalue weighted by molar-refractivity contribution is 9.10. The summed E-state index contributed by atoms with van der Waals surface area (Å²) in [5.41, 5.74) is 13.6. The number of anilines is 2. The van der Waals surface area contributed by atoms with Crippen LogP contribution < -0.4 is 16.8 Å². The topological polar surface area (TPSA) is 107 Å². The molecular weight excluding hydrogens is 358 g/mol. The number of amides is 1. The van der Waals surface area contributed by atoms with Gasteiger partial charge in [0.05, 0.1) is 5.52 Å². The first-order valence-corrected chi connectivity index (χ1v) is 7.67. The molecule has 3 rings (SSSR count). The number of fused-ring (bicyclic) bond motifs is 1. The van der Waals surface area contributed by atoms with Gasteiger partial charge in [-0.25, -0.2) is 4.98 Å². The minimum Gasteiger partial charge on any atom is -0.383 e. The van der Waals surface area contributed by atoms with Crippen molar-refractivity contribution in [1.29, 1.82) is 0 Å². The number of nitrogens with zero attached hydrogens (tertiary/aromatic N) is 2. The van der Waals surface area contributed by atoms with E-state index < -0.39 is 0 Å². The summed E-state index contributed by atoms with van der Waals surface area (Å²) < 4.78 is 0.860. The lowest BCUT2D eigenvalue weighted by Crippen LogP contribution is -2.22. The average molecular weight is 372 g/mol. The van der Waals surface area contributed by atoms with Gasteiger partial charge in [0.2, 0.25) is 5.95 Å². The molecule has 7 heteroatoms. The van der Waals surface area contributed by atoms with E-state index in [1.54, 1.807) is 12.1 Å². The normalized spacial score (nSPS) is 10.7. The number of benzene rings is 2. The molecule has 0 aliphatic rings. The molecule has 0 radical (unpaired) electrons. The molecular formula is C16H14BrN5O. The van der Waals surface area contributed by atoms with Crippen molar-refractivity contribution in [3.63, 3.8) is 0 Å². The summed E-state index contributed by atoms with van der Waals surface area (Å²) in [5.74, 6) is 0.329. The number of hydrogen-bond acceptors (Lipinski definition) is 5. The molecule has 0 unspecified atom stereocenters. The Morgan fingerprint density at radius 2 is 1.96 bits per heavy atom. The van der Waals surface area contributed by atoms with E-state index in [0.717, 1.165) is 15.4 Å². The number of halogens is 1. The van der Waals surface area contributed by atoms with Crippen molar-refractivity contribution >= 4 is 44.5 Å². The third-order valence-electron chi connectivity index (χ3n) is 3.35. The van der Waals surface area contributed by atoms with Crippen molar-refractivity contribution in [2.45, 2.75) is 6.54 Å². The Hall–Kier alpha value is -2.67. The molecule has 0 fully saturated rings. The van der Waals surface area contributed by atoms with E-state index in [0.29, 0.717) is 23.4 Å². The van der Waals surface area contributed by atoms with Crippen LogP contribution in [0.1, 0.15) is 15.9 Å². The summed E-state index contributed by atoms with van der Waals surface area (Å²) in [6, 6.07) is 12.8. The van der Waals surface area contributed by atoms with Gasteiger partial charge in [-0.05, 0) is 35.9 Å². The minimum absolute atomic E-state index is 0.130. The van der Waals surface area contributed by atoms with E-state index in [2.05, 4.69) is 31.2 Å². The highest BCUT2D eigenvalue weighted by atomic mass is 79.9. The predicted octanol–water partition coefficient (Wildman–Crippen LogP) is 2.49. The molecule has 0 spiro atoms. The smallest absolute Gasteiger partial charge is 0.251 e. The Labute approximate surface area is 141 Å². The molecule has 0 bridgehead atoms. The Morgan fingerprint density at radius 1 is 1.13 bits per heavy atom. The number of carbonyl (C=O) groups is 1. The summed E-state index contributed by atoms with van der Waals surface area (Å²) >= 11 is 3.35. The molecule has 5 N–H and O–H groups in total. The van der Waals surface area contributed by atoms with Crippen LogP contribution >= 0.6 is 15.9 Å². The lowest BCUT2D eigenvalue weighted by atomic mass is 10.1. The highest BCUT2D eigenvalue weighted by Gasteiger charge is 2.07. The largest absolute Gasteiger partial charge is 0.383 e. The van der Waals surface area contributed by atoms with Gasteiger partial charge in [0.1, 0.15) is 5.82 Å². The Bertz CT molecular complexity index is 897. The van der Waals surface area contributed by atoms with Crippen LogP contribution in [0.15, 0.2) is 46.9 Å². The second-order valence-electron chi connectivity index (χ2n) is 5.01. The van der Waals surface area contributed by atoms with Crippen LogP contribution in [0.25, 0.3) is 10.9 Å². The standard InChI is InChI=1S/C16H14BrN5O/c17-11-3-1-2-10(7-11)15(23)20-8-9-4-5-12-13(6-9)21-16(19)22-14(12)18/h1-7H,8H2,(H,20,23)(H4,18,19,21,22). The number of rotatable bonds is 3. The minimum atomic E-state index is -0.145. The molecule has 0 saturated carbocycles. The molecule has 2 aromatic carbocycles. The molecule has 1 amide bonds. The zero-order valence-electron chi connectivity index (χ0n) is 12.1. The van der Waals surface area contributed by atoms with Crippen LogP contribution in [0.3, 0.4) is 0 Å². The molecule has 6 nitrogen and oxygen atoms in total. The van der Waals surface area contributed by atoms with Gasteiger partial charge >= 0.3 is 0 Å². The Kier molecular flexibility index (Phi) is 4.12. The van der Waals surface area contributed by atoms with Crippen molar-refractivity contribution in [2.75, 3.05) is 11.5 Å². The van der Waals surface area contributed by atoms with Crippen molar-refractivity contribution in [3.05, 3.63) is 58.1 Å². The van der Waals surface area contributed by atoms with Crippen LogP contribution in [-0.2, 0) is 6.54 Å². The fraction of sp³-hybridized carbons (Fsp3) is 0.0625. The quantitative estimate of drug-likeness (QED) is 0.655. The van der Waals surface area contributed by atoms with Crippen LogP contribution in [0.2, 0.25) is 0 Å². The second-order valence-corrected chi connectivity index (χ2v) is 5.93. The molecule has 0 aliphatic carbocycles. The van der Waals surface area contributed by atoms with E-state index >= 15 is 0 Å². The predicted molar refractivity (Wildman–Crippen MR) is 93.7 cm³/mol. The van der Waals surface area contributed by atoms with E-state index in [1.165, 1.54) is 0 Å². The van der Waals surface area contributed by atoms with Crippen molar-refractivity contribution < 1.29 is 4.79 Å². The number of hydrogen-bond donors (Lipinski definition) is 3. The fourth-order valence-electron chi connectivity index (χ4n) is 2.24. The van der Waals surface area contributed by atoms with Crippen LogP contribution in [0.4, 0.5) is 11.8 Å². The number of nitrogens with two attached hydrogens (primary N) is 2. The third-order valence-corrected chi connectivity index (χ3v) is 3.84. The average Bonchev–Trinajstić information content (AvgIpc) is 2.52. The van der Waals surface area contributed by atoms with Crippen molar-refractivity contribution in [1.82, 2.24) is 15.3 Å². The lowest BCUT2D eigenvalue weighted by molar-refractivity contribution is 0.0951. The molecule has 0 aliphatic heterocycles. The molecule has 3 aromatic rings. The second kappa shape index (κ2) is 6.21. The van der Waals surface area contributed by atoms with Gasteiger partial charge in [-0.3, -0.25) is 4.79 Å².